The molecule has 2 saturated carbocycles. The Kier molecular flexibility index (Phi) is 3.92. The Morgan fingerprint density at radius 2 is 1.84 bits per heavy atom. The molecule has 2 unspecified atom stereocenters. The zero-order valence-electron chi connectivity index (χ0n) is 13.1. The van der Waals surface area contributed by atoms with E-state index in [0.717, 1.165) is 23.8 Å². The molecule has 3 aliphatic rings. The Hall–Kier alpha value is -0.0800. The standard InChI is InChI=1S/C17H32N2/c1-4-13(5-2)10-19-11-16(14-6-7-14)18-12-17(19,3)15-8-9-15/h13-16,18H,4-12H2,1-3H3. The van der Waals surface area contributed by atoms with Crippen LogP contribution < -0.4 is 5.32 Å². The van der Waals surface area contributed by atoms with Gasteiger partial charge in [0.25, 0.3) is 0 Å². The minimum Gasteiger partial charge on any atom is -0.311 e. The van der Waals surface area contributed by atoms with E-state index in [-0.39, 0.29) is 0 Å². The van der Waals surface area contributed by atoms with Gasteiger partial charge in [-0.1, -0.05) is 26.7 Å². The van der Waals surface area contributed by atoms with Gasteiger partial charge in [0, 0.05) is 31.2 Å². The van der Waals surface area contributed by atoms with Gasteiger partial charge < -0.3 is 5.32 Å². The Labute approximate surface area is 119 Å². The Balaban J connectivity index is 1.68. The third kappa shape index (κ3) is 2.85. The van der Waals surface area contributed by atoms with Crippen LogP contribution in [0.25, 0.3) is 0 Å². The van der Waals surface area contributed by atoms with Crippen LogP contribution in [0.1, 0.15) is 59.3 Å². The highest BCUT2D eigenvalue weighted by molar-refractivity contribution is 5.07. The fourth-order valence-electron chi connectivity index (χ4n) is 4.02. The maximum atomic E-state index is 3.89. The fraction of sp³-hybridized carbons (Fsp3) is 1.00. The second-order valence-electron chi connectivity index (χ2n) is 7.54. The molecule has 0 aromatic carbocycles. The van der Waals surface area contributed by atoms with Gasteiger partial charge in [-0.3, -0.25) is 4.90 Å². The summed E-state index contributed by atoms with van der Waals surface area (Å²) in [4.78, 5) is 2.89. The smallest absolute Gasteiger partial charge is 0.0334 e. The molecule has 1 saturated heterocycles. The van der Waals surface area contributed by atoms with Crippen LogP contribution in [0.2, 0.25) is 0 Å². The van der Waals surface area contributed by atoms with Crippen LogP contribution in [-0.4, -0.2) is 36.1 Å². The first kappa shape index (κ1) is 13.9. The number of rotatable bonds is 6. The molecule has 3 fully saturated rings. The van der Waals surface area contributed by atoms with Crippen LogP contribution in [0.15, 0.2) is 0 Å². The first-order valence-corrected chi connectivity index (χ1v) is 8.65. The van der Waals surface area contributed by atoms with Gasteiger partial charge in [-0.25, -0.2) is 0 Å². The van der Waals surface area contributed by atoms with Crippen molar-refractivity contribution >= 4 is 0 Å². The summed E-state index contributed by atoms with van der Waals surface area (Å²) < 4.78 is 0. The van der Waals surface area contributed by atoms with E-state index >= 15 is 0 Å². The highest BCUT2D eigenvalue weighted by atomic mass is 15.3. The first-order valence-electron chi connectivity index (χ1n) is 8.65. The van der Waals surface area contributed by atoms with Gasteiger partial charge in [0.15, 0.2) is 0 Å². The lowest BCUT2D eigenvalue weighted by atomic mass is 9.87. The number of hydrogen-bond donors (Lipinski definition) is 1. The SMILES string of the molecule is CCC(CC)CN1CC(C2CC2)NCC1(C)C1CC1. The highest BCUT2D eigenvalue weighted by Crippen LogP contribution is 2.46. The predicted molar refractivity (Wildman–Crippen MR) is 81.3 cm³/mol. The van der Waals surface area contributed by atoms with Crippen molar-refractivity contribution in [2.24, 2.45) is 17.8 Å². The van der Waals surface area contributed by atoms with Crippen molar-refractivity contribution in [3.8, 4) is 0 Å². The van der Waals surface area contributed by atoms with Crippen molar-refractivity contribution in [2.75, 3.05) is 19.6 Å². The lowest BCUT2D eigenvalue weighted by Gasteiger charge is -2.50. The van der Waals surface area contributed by atoms with Crippen LogP contribution in [-0.2, 0) is 0 Å². The van der Waals surface area contributed by atoms with E-state index in [4.69, 9.17) is 0 Å². The molecular weight excluding hydrogens is 232 g/mol. The van der Waals surface area contributed by atoms with E-state index in [0.29, 0.717) is 5.54 Å². The molecule has 1 heterocycles. The molecule has 0 amide bonds. The second-order valence-corrected chi connectivity index (χ2v) is 7.54. The number of nitrogens with zero attached hydrogens (tertiary/aromatic N) is 1. The van der Waals surface area contributed by atoms with Crippen molar-refractivity contribution in [3.05, 3.63) is 0 Å². The normalized spacial score (nSPS) is 36.9. The van der Waals surface area contributed by atoms with Gasteiger partial charge in [-0.05, 0) is 50.4 Å². The molecule has 1 N–H and O–H groups in total. The van der Waals surface area contributed by atoms with Gasteiger partial charge in [0.1, 0.15) is 0 Å². The quantitative estimate of drug-likeness (QED) is 0.792. The summed E-state index contributed by atoms with van der Waals surface area (Å²) in [6.45, 7) is 11.1. The molecule has 19 heavy (non-hydrogen) atoms. The molecule has 0 aromatic rings. The monoisotopic (exact) mass is 264 g/mol. The summed E-state index contributed by atoms with van der Waals surface area (Å²) >= 11 is 0. The molecule has 1 aliphatic heterocycles. The van der Waals surface area contributed by atoms with Crippen LogP contribution in [0, 0.1) is 17.8 Å². The van der Waals surface area contributed by atoms with Crippen LogP contribution >= 0.6 is 0 Å². The minimum absolute atomic E-state index is 0.452. The third-order valence-electron chi connectivity index (χ3n) is 6.14. The van der Waals surface area contributed by atoms with E-state index in [2.05, 4.69) is 31.0 Å². The molecular formula is C17H32N2. The first-order chi connectivity index (χ1) is 9.17. The van der Waals surface area contributed by atoms with Crippen molar-refractivity contribution in [1.29, 1.82) is 0 Å². The molecule has 2 aliphatic carbocycles. The zero-order chi connectivity index (χ0) is 13.5. The number of hydrogen-bond acceptors (Lipinski definition) is 2. The second kappa shape index (κ2) is 5.37. The van der Waals surface area contributed by atoms with E-state index in [1.54, 1.807) is 0 Å². The van der Waals surface area contributed by atoms with E-state index in [1.807, 2.05) is 0 Å². The average Bonchev–Trinajstić information content (AvgIpc) is 3.30. The maximum Gasteiger partial charge on any atom is 0.0334 e. The molecule has 3 rings (SSSR count). The minimum atomic E-state index is 0.452. The Bertz CT molecular complexity index is 302. The summed E-state index contributed by atoms with van der Waals surface area (Å²) in [5, 5.41) is 3.89. The predicted octanol–water partition coefficient (Wildman–Crippen LogP) is 3.28. The molecule has 110 valence electrons. The van der Waals surface area contributed by atoms with Crippen molar-refractivity contribution < 1.29 is 0 Å². The van der Waals surface area contributed by atoms with Crippen LogP contribution in [0.3, 0.4) is 0 Å². The van der Waals surface area contributed by atoms with Gasteiger partial charge in [0.2, 0.25) is 0 Å². The van der Waals surface area contributed by atoms with Gasteiger partial charge in [0.05, 0.1) is 0 Å². The molecule has 0 bridgehead atoms. The third-order valence-corrected chi connectivity index (χ3v) is 6.14. The lowest BCUT2D eigenvalue weighted by molar-refractivity contribution is 0.0167. The van der Waals surface area contributed by atoms with Crippen LogP contribution in [0.5, 0.6) is 0 Å². The zero-order valence-corrected chi connectivity index (χ0v) is 13.1. The molecule has 2 atom stereocenters. The van der Waals surface area contributed by atoms with Gasteiger partial charge in [-0.2, -0.15) is 0 Å². The fourth-order valence-corrected chi connectivity index (χ4v) is 4.02. The Morgan fingerprint density at radius 3 is 2.37 bits per heavy atom. The molecule has 0 radical (unpaired) electrons. The molecule has 0 aromatic heterocycles. The van der Waals surface area contributed by atoms with Crippen LogP contribution in [0.4, 0.5) is 0 Å². The van der Waals surface area contributed by atoms with Crippen molar-refractivity contribution in [1.82, 2.24) is 10.2 Å². The van der Waals surface area contributed by atoms with E-state index in [1.165, 1.54) is 58.2 Å². The maximum absolute atomic E-state index is 3.89. The van der Waals surface area contributed by atoms with E-state index in [9.17, 15) is 0 Å². The van der Waals surface area contributed by atoms with E-state index < -0.39 is 0 Å². The lowest BCUT2D eigenvalue weighted by Crippen LogP contribution is -2.65. The Morgan fingerprint density at radius 1 is 1.16 bits per heavy atom. The summed E-state index contributed by atoms with van der Waals surface area (Å²) in [6, 6.07) is 0.793. The van der Waals surface area contributed by atoms with Crippen molar-refractivity contribution in [2.45, 2.75) is 70.9 Å². The molecule has 2 heteroatoms. The topological polar surface area (TPSA) is 15.3 Å². The molecule has 2 nitrogen and oxygen atoms in total. The summed E-state index contributed by atoms with van der Waals surface area (Å²) in [5.41, 5.74) is 0.452. The summed E-state index contributed by atoms with van der Waals surface area (Å²) in [7, 11) is 0. The van der Waals surface area contributed by atoms with Crippen molar-refractivity contribution in [3.63, 3.8) is 0 Å². The summed E-state index contributed by atoms with van der Waals surface area (Å²) in [5.74, 6) is 2.86. The molecule has 0 spiro atoms. The number of nitrogens with one attached hydrogen (secondary N) is 1. The highest BCUT2D eigenvalue weighted by Gasteiger charge is 2.50. The average molecular weight is 264 g/mol. The van der Waals surface area contributed by atoms with Gasteiger partial charge in [-0.15, -0.1) is 0 Å². The summed E-state index contributed by atoms with van der Waals surface area (Å²) in [6.07, 6.45) is 8.55. The number of piperazine rings is 1. The van der Waals surface area contributed by atoms with Gasteiger partial charge >= 0.3 is 0 Å². The largest absolute Gasteiger partial charge is 0.311 e.